The summed E-state index contributed by atoms with van der Waals surface area (Å²) in [5.41, 5.74) is 4.81. The predicted molar refractivity (Wildman–Crippen MR) is 116 cm³/mol. The van der Waals surface area contributed by atoms with Crippen molar-refractivity contribution >= 4 is 32.5 Å². The lowest BCUT2D eigenvalue weighted by Crippen LogP contribution is -2.27. The van der Waals surface area contributed by atoms with Crippen LogP contribution in [0.3, 0.4) is 0 Å². The van der Waals surface area contributed by atoms with Crippen LogP contribution in [0, 0.1) is 0 Å². The first kappa shape index (κ1) is 20.2. The number of hydrogen-bond acceptors (Lipinski definition) is 5. The van der Waals surface area contributed by atoms with E-state index in [-0.39, 0.29) is 10.6 Å². The van der Waals surface area contributed by atoms with E-state index < -0.39 is 15.9 Å². The fourth-order valence-electron chi connectivity index (χ4n) is 3.39. The van der Waals surface area contributed by atoms with Crippen LogP contribution in [0.1, 0.15) is 35.8 Å². The van der Waals surface area contributed by atoms with Gasteiger partial charge in [-0.3, -0.25) is 4.79 Å². The molecule has 1 saturated heterocycles. The van der Waals surface area contributed by atoms with Gasteiger partial charge in [0, 0.05) is 18.5 Å². The van der Waals surface area contributed by atoms with Crippen molar-refractivity contribution in [1.29, 1.82) is 0 Å². The lowest BCUT2D eigenvalue weighted by atomic mass is 10.1. The van der Waals surface area contributed by atoms with Crippen LogP contribution in [-0.4, -0.2) is 42.4 Å². The quantitative estimate of drug-likeness (QED) is 0.505. The molecule has 0 unspecified atom stereocenters. The van der Waals surface area contributed by atoms with Gasteiger partial charge >= 0.3 is 0 Å². The molecule has 0 saturated carbocycles. The first-order chi connectivity index (χ1) is 14.4. The molecule has 0 radical (unpaired) electrons. The zero-order valence-corrected chi connectivity index (χ0v) is 17.4. The van der Waals surface area contributed by atoms with Gasteiger partial charge in [-0.15, -0.1) is 0 Å². The van der Waals surface area contributed by atoms with Gasteiger partial charge < -0.3 is 0 Å². The fraction of sp³-hybridized carbons (Fsp3) is 0.227. The number of sulfonamides is 1. The summed E-state index contributed by atoms with van der Waals surface area (Å²) in [5.74, 6) is -0.409. The van der Waals surface area contributed by atoms with Crippen LogP contribution in [0.25, 0.3) is 10.9 Å². The third-order valence-corrected chi connectivity index (χ3v) is 7.04. The molecule has 0 bridgehead atoms. The number of carbonyl (C=O) groups is 1. The van der Waals surface area contributed by atoms with Crippen molar-refractivity contribution in [2.75, 3.05) is 13.1 Å². The first-order valence-corrected chi connectivity index (χ1v) is 11.2. The molecule has 154 valence electrons. The molecule has 1 amide bonds. The number of rotatable bonds is 5. The second-order valence-corrected chi connectivity index (χ2v) is 9.10. The Balaban J connectivity index is 1.46. The van der Waals surface area contributed by atoms with E-state index in [1.165, 1.54) is 4.31 Å². The van der Waals surface area contributed by atoms with Gasteiger partial charge in [-0.05, 0) is 49.6 Å². The number of aromatic nitrogens is 1. The summed E-state index contributed by atoms with van der Waals surface area (Å²) in [6.07, 6.45) is 1.80. The Labute approximate surface area is 175 Å². The molecule has 0 atom stereocenters. The normalized spacial score (nSPS) is 15.4. The molecule has 0 spiro atoms. The highest BCUT2D eigenvalue weighted by atomic mass is 32.2. The molecule has 30 heavy (non-hydrogen) atoms. The Kier molecular flexibility index (Phi) is 5.61. The maximum absolute atomic E-state index is 12.6. The van der Waals surface area contributed by atoms with Gasteiger partial charge in [0.15, 0.2) is 0 Å². The molecular weight excluding hydrogens is 400 g/mol. The monoisotopic (exact) mass is 422 g/mol. The Morgan fingerprint density at radius 1 is 1.00 bits per heavy atom. The summed E-state index contributed by atoms with van der Waals surface area (Å²) in [7, 11) is -3.45. The predicted octanol–water partition coefficient (Wildman–Crippen LogP) is 3.17. The minimum absolute atomic E-state index is 0.269. The Hall–Kier alpha value is -3.10. The minimum atomic E-state index is -3.45. The Bertz CT molecular complexity index is 1210. The van der Waals surface area contributed by atoms with Crippen LogP contribution in [0.2, 0.25) is 0 Å². The summed E-state index contributed by atoms with van der Waals surface area (Å²) in [6, 6.07) is 17.6. The summed E-state index contributed by atoms with van der Waals surface area (Å²) in [6.45, 7) is 2.89. The lowest BCUT2D eigenvalue weighted by Gasteiger charge is -2.15. The molecule has 1 N–H and O–H groups in total. The van der Waals surface area contributed by atoms with E-state index in [1.54, 1.807) is 37.3 Å². The first-order valence-electron chi connectivity index (χ1n) is 9.76. The van der Waals surface area contributed by atoms with Crippen molar-refractivity contribution < 1.29 is 13.2 Å². The Morgan fingerprint density at radius 2 is 1.70 bits per heavy atom. The minimum Gasteiger partial charge on any atom is -0.266 e. The summed E-state index contributed by atoms with van der Waals surface area (Å²) in [5, 5.41) is 5.09. The summed E-state index contributed by atoms with van der Waals surface area (Å²) in [4.78, 5) is 17.0. The van der Waals surface area contributed by atoms with E-state index in [1.807, 2.05) is 30.3 Å². The number of hydrogen-bond donors (Lipinski definition) is 1. The number of carbonyl (C=O) groups excluding carboxylic acids is 1. The third-order valence-electron chi connectivity index (χ3n) is 5.13. The van der Waals surface area contributed by atoms with Gasteiger partial charge in [-0.25, -0.2) is 18.8 Å². The highest BCUT2D eigenvalue weighted by molar-refractivity contribution is 7.89. The number of amides is 1. The van der Waals surface area contributed by atoms with Crippen LogP contribution in [0.15, 0.2) is 70.7 Å². The number of hydrazone groups is 1. The number of nitrogens with one attached hydrogen (secondary N) is 1. The second kappa shape index (κ2) is 8.33. The molecule has 4 rings (SSSR count). The van der Waals surface area contributed by atoms with E-state index in [0.717, 1.165) is 29.3 Å². The van der Waals surface area contributed by atoms with Crippen LogP contribution in [-0.2, 0) is 10.0 Å². The zero-order valence-electron chi connectivity index (χ0n) is 16.6. The fourth-order valence-corrected chi connectivity index (χ4v) is 4.91. The van der Waals surface area contributed by atoms with Crippen LogP contribution < -0.4 is 5.43 Å². The van der Waals surface area contributed by atoms with Gasteiger partial charge in [-0.1, -0.05) is 36.4 Å². The standard InChI is InChI=1S/C22H22N4O3S/c1-16(17-8-11-19(12-9-17)30(28,29)26-14-4-5-15-26)24-25-22(27)21-13-10-18-6-2-3-7-20(18)23-21/h2-3,6-13H,4-5,14-15H2,1H3,(H,25,27)/b24-16+. The van der Waals surface area contributed by atoms with E-state index >= 15 is 0 Å². The molecule has 7 nitrogen and oxygen atoms in total. The highest BCUT2D eigenvalue weighted by Gasteiger charge is 2.26. The maximum atomic E-state index is 12.6. The van der Waals surface area contributed by atoms with E-state index in [0.29, 0.717) is 18.8 Å². The van der Waals surface area contributed by atoms with Crippen molar-refractivity contribution in [3.05, 3.63) is 71.9 Å². The molecule has 3 aromatic rings. The van der Waals surface area contributed by atoms with Crippen molar-refractivity contribution in [3.63, 3.8) is 0 Å². The molecule has 8 heteroatoms. The molecule has 0 aliphatic carbocycles. The van der Waals surface area contributed by atoms with Crippen molar-refractivity contribution in [2.24, 2.45) is 5.10 Å². The molecule has 1 aromatic heterocycles. The van der Waals surface area contributed by atoms with Crippen molar-refractivity contribution in [2.45, 2.75) is 24.7 Å². The average Bonchev–Trinajstić information content (AvgIpc) is 3.33. The molecule has 2 aromatic carbocycles. The van der Waals surface area contributed by atoms with E-state index in [9.17, 15) is 13.2 Å². The van der Waals surface area contributed by atoms with Gasteiger partial charge in [0.1, 0.15) is 5.69 Å². The van der Waals surface area contributed by atoms with Crippen LogP contribution in [0.4, 0.5) is 0 Å². The molecule has 1 aliphatic heterocycles. The molecule has 1 fully saturated rings. The summed E-state index contributed by atoms with van der Waals surface area (Å²) < 4.78 is 26.7. The third kappa shape index (κ3) is 4.10. The topological polar surface area (TPSA) is 91.7 Å². The maximum Gasteiger partial charge on any atom is 0.289 e. The van der Waals surface area contributed by atoms with E-state index in [2.05, 4.69) is 15.5 Å². The van der Waals surface area contributed by atoms with Gasteiger partial charge in [0.25, 0.3) is 5.91 Å². The molecule has 2 heterocycles. The zero-order chi connectivity index (χ0) is 21.1. The van der Waals surface area contributed by atoms with Crippen molar-refractivity contribution in [3.8, 4) is 0 Å². The largest absolute Gasteiger partial charge is 0.289 e. The Morgan fingerprint density at radius 3 is 2.43 bits per heavy atom. The molecular formula is C22H22N4O3S. The second-order valence-electron chi connectivity index (χ2n) is 7.16. The number of fused-ring (bicyclic) bond motifs is 1. The lowest BCUT2D eigenvalue weighted by molar-refractivity contribution is 0.0950. The average molecular weight is 423 g/mol. The smallest absolute Gasteiger partial charge is 0.266 e. The van der Waals surface area contributed by atoms with E-state index in [4.69, 9.17) is 0 Å². The van der Waals surface area contributed by atoms with Gasteiger partial charge in [-0.2, -0.15) is 9.41 Å². The van der Waals surface area contributed by atoms with Crippen molar-refractivity contribution in [1.82, 2.24) is 14.7 Å². The van der Waals surface area contributed by atoms with Crippen LogP contribution >= 0.6 is 0 Å². The van der Waals surface area contributed by atoms with Gasteiger partial charge in [0.05, 0.1) is 16.1 Å². The number of para-hydroxylation sites is 1. The summed E-state index contributed by atoms with van der Waals surface area (Å²) >= 11 is 0. The van der Waals surface area contributed by atoms with Gasteiger partial charge in [0.2, 0.25) is 10.0 Å². The number of benzene rings is 2. The number of nitrogens with zero attached hydrogens (tertiary/aromatic N) is 3. The highest BCUT2D eigenvalue weighted by Crippen LogP contribution is 2.21. The molecule has 1 aliphatic rings. The SMILES string of the molecule is C/C(=N\NC(=O)c1ccc2ccccc2n1)c1ccc(S(=O)(=O)N2CCCC2)cc1. The van der Waals surface area contributed by atoms with Crippen LogP contribution in [0.5, 0.6) is 0 Å². The number of pyridine rings is 1.